The number of rotatable bonds is 8. The van der Waals surface area contributed by atoms with E-state index in [1.807, 2.05) is 4.90 Å². The van der Waals surface area contributed by atoms with Crippen LogP contribution in [0.25, 0.3) is 0 Å². The Morgan fingerprint density at radius 2 is 1.75 bits per heavy atom. The summed E-state index contributed by atoms with van der Waals surface area (Å²) in [5.41, 5.74) is 5.61. The highest BCUT2D eigenvalue weighted by Gasteiger charge is 2.23. The van der Waals surface area contributed by atoms with E-state index in [0.717, 1.165) is 52.0 Å². The first-order valence-corrected chi connectivity index (χ1v) is 8.34. The maximum atomic E-state index is 12.2. The fourth-order valence-corrected chi connectivity index (χ4v) is 2.94. The zero-order valence-electron chi connectivity index (χ0n) is 13.6. The number of nitrogens with zero attached hydrogens (tertiary/aromatic N) is 2. The van der Waals surface area contributed by atoms with E-state index in [9.17, 15) is 4.79 Å². The molecule has 0 aliphatic carbocycles. The minimum absolute atomic E-state index is 0.337. The second-order valence-electron chi connectivity index (χ2n) is 6.06. The highest BCUT2D eigenvalue weighted by atomic mass is 16.2. The topological polar surface area (TPSA) is 49.6 Å². The lowest BCUT2D eigenvalue weighted by molar-refractivity contribution is -0.133. The molecule has 0 bridgehead atoms. The minimum Gasteiger partial charge on any atom is -0.340 e. The van der Waals surface area contributed by atoms with Gasteiger partial charge in [-0.2, -0.15) is 0 Å². The molecule has 1 fully saturated rings. The number of piperazine rings is 1. The smallest absolute Gasteiger partial charge is 0.222 e. The largest absolute Gasteiger partial charge is 0.340 e. The fourth-order valence-electron chi connectivity index (χ4n) is 2.94. The zero-order valence-corrected chi connectivity index (χ0v) is 13.6. The van der Waals surface area contributed by atoms with Crippen LogP contribution in [0, 0.1) is 5.92 Å². The standard InChI is InChI=1S/C16H33N3O/c1-4-14(3)18-10-12-19(13-11-18)16(20)7-6-15(5-2)8-9-17/h14-15H,4-13,17H2,1-3H3. The van der Waals surface area contributed by atoms with Gasteiger partial charge in [0.25, 0.3) is 0 Å². The third kappa shape index (κ3) is 5.41. The van der Waals surface area contributed by atoms with Crippen molar-refractivity contribution in [2.45, 2.75) is 58.9 Å². The number of hydrogen-bond donors (Lipinski definition) is 1. The average Bonchev–Trinajstić information content (AvgIpc) is 2.50. The lowest BCUT2D eigenvalue weighted by atomic mass is 9.96. The van der Waals surface area contributed by atoms with Crippen molar-refractivity contribution in [2.24, 2.45) is 11.7 Å². The van der Waals surface area contributed by atoms with Crippen LogP contribution >= 0.6 is 0 Å². The molecule has 2 unspecified atom stereocenters. The molecule has 0 aromatic heterocycles. The van der Waals surface area contributed by atoms with Crippen LogP contribution in [0.1, 0.15) is 52.9 Å². The number of nitrogens with two attached hydrogens (primary N) is 1. The highest BCUT2D eigenvalue weighted by Crippen LogP contribution is 2.16. The number of carbonyl (C=O) groups excluding carboxylic acids is 1. The Kier molecular flexibility index (Phi) is 8.15. The SMILES string of the molecule is CCC(CCN)CCC(=O)N1CCN(C(C)CC)CC1. The summed E-state index contributed by atoms with van der Waals surface area (Å²) in [6, 6.07) is 0.640. The van der Waals surface area contributed by atoms with Gasteiger partial charge in [0.15, 0.2) is 0 Å². The summed E-state index contributed by atoms with van der Waals surface area (Å²) >= 11 is 0. The summed E-state index contributed by atoms with van der Waals surface area (Å²) in [5, 5.41) is 0. The van der Waals surface area contributed by atoms with Crippen molar-refractivity contribution >= 4 is 5.91 Å². The minimum atomic E-state index is 0.337. The highest BCUT2D eigenvalue weighted by molar-refractivity contribution is 5.76. The van der Waals surface area contributed by atoms with E-state index in [-0.39, 0.29) is 0 Å². The Morgan fingerprint density at radius 3 is 2.25 bits per heavy atom. The zero-order chi connectivity index (χ0) is 15.0. The lowest BCUT2D eigenvalue weighted by Gasteiger charge is -2.38. The van der Waals surface area contributed by atoms with Crippen molar-refractivity contribution in [1.82, 2.24) is 9.80 Å². The van der Waals surface area contributed by atoms with Gasteiger partial charge in [-0.25, -0.2) is 0 Å². The molecule has 2 atom stereocenters. The molecular formula is C16H33N3O. The van der Waals surface area contributed by atoms with Crippen LogP contribution in [0.15, 0.2) is 0 Å². The average molecular weight is 283 g/mol. The summed E-state index contributed by atoms with van der Waals surface area (Å²) in [6.07, 6.45) is 5.06. The third-order valence-corrected chi connectivity index (χ3v) is 4.80. The van der Waals surface area contributed by atoms with E-state index in [1.165, 1.54) is 6.42 Å². The predicted molar refractivity (Wildman–Crippen MR) is 84.6 cm³/mol. The van der Waals surface area contributed by atoms with Crippen molar-refractivity contribution in [3.8, 4) is 0 Å². The molecule has 4 nitrogen and oxygen atoms in total. The molecule has 1 aliphatic rings. The summed E-state index contributed by atoms with van der Waals surface area (Å²) in [5.74, 6) is 0.953. The van der Waals surface area contributed by atoms with Crippen molar-refractivity contribution in [1.29, 1.82) is 0 Å². The third-order valence-electron chi connectivity index (χ3n) is 4.80. The van der Waals surface area contributed by atoms with Crippen molar-refractivity contribution in [2.75, 3.05) is 32.7 Å². The maximum Gasteiger partial charge on any atom is 0.222 e. The molecule has 2 N–H and O–H groups in total. The molecule has 4 heteroatoms. The van der Waals surface area contributed by atoms with Gasteiger partial charge in [-0.05, 0) is 38.6 Å². The molecule has 1 aliphatic heterocycles. The van der Waals surface area contributed by atoms with Crippen LogP contribution in [0.2, 0.25) is 0 Å². The maximum absolute atomic E-state index is 12.2. The summed E-state index contributed by atoms with van der Waals surface area (Å²) in [6.45, 7) is 11.3. The lowest BCUT2D eigenvalue weighted by Crippen LogP contribution is -2.51. The molecular weight excluding hydrogens is 250 g/mol. The fraction of sp³-hybridized carbons (Fsp3) is 0.938. The van der Waals surface area contributed by atoms with Crippen molar-refractivity contribution in [3.63, 3.8) is 0 Å². The molecule has 1 rings (SSSR count). The Bertz CT molecular complexity index is 275. The van der Waals surface area contributed by atoms with E-state index in [4.69, 9.17) is 5.73 Å². The molecule has 0 spiro atoms. The van der Waals surface area contributed by atoms with Crippen LogP contribution < -0.4 is 5.73 Å². The first kappa shape index (κ1) is 17.4. The summed E-state index contributed by atoms with van der Waals surface area (Å²) in [7, 11) is 0. The van der Waals surface area contributed by atoms with Gasteiger partial charge in [0.2, 0.25) is 5.91 Å². The van der Waals surface area contributed by atoms with Gasteiger partial charge in [0.05, 0.1) is 0 Å². The van der Waals surface area contributed by atoms with Crippen LogP contribution in [0.4, 0.5) is 0 Å². The van der Waals surface area contributed by atoms with E-state index in [2.05, 4.69) is 25.7 Å². The molecule has 0 saturated carbocycles. The molecule has 0 aromatic carbocycles. The van der Waals surface area contributed by atoms with E-state index < -0.39 is 0 Å². The number of amides is 1. The normalized spacial score (nSPS) is 19.9. The first-order chi connectivity index (χ1) is 9.62. The van der Waals surface area contributed by atoms with Crippen LogP contribution in [0.5, 0.6) is 0 Å². The van der Waals surface area contributed by atoms with Gasteiger partial charge in [0, 0.05) is 38.6 Å². The number of carbonyl (C=O) groups is 1. The summed E-state index contributed by atoms with van der Waals surface area (Å²) < 4.78 is 0. The van der Waals surface area contributed by atoms with Gasteiger partial charge >= 0.3 is 0 Å². The number of hydrogen-bond acceptors (Lipinski definition) is 3. The Hall–Kier alpha value is -0.610. The second kappa shape index (κ2) is 9.35. The van der Waals surface area contributed by atoms with Crippen LogP contribution in [-0.2, 0) is 4.79 Å². The van der Waals surface area contributed by atoms with Gasteiger partial charge in [-0.1, -0.05) is 20.3 Å². The molecule has 1 heterocycles. The monoisotopic (exact) mass is 283 g/mol. The van der Waals surface area contributed by atoms with Gasteiger partial charge in [-0.3, -0.25) is 9.69 Å². The van der Waals surface area contributed by atoms with Crippen molar-refractivity contribution in [3.05, 3.63) is 0 Å². The van der Waals surface area contributed by atoms with E-state index in [0.29, 0.717) is 24.3 Å². The van der Waals surface area contributed by atoms with Crippen LogP contribution in [-0.4, -0.2) is 54.5 Å². The second-order valence-corrected chi connectivity index (χ2v) is 6.06. The first-order valence-electron chi connectivity index (χ1n) is 8.34. The Balaban J connectivity index is 2.28. The van der Waals surface area contributed by atoms with E-state index >= 15 is 0 Å². The van der Waals surface area contributed by atoms with E-state index in [1.54, 1.807) is 0 Å². The molecule has 0 radical (unpaired) electrons. The predicted octanol–water partition coefficient (Wildman–Crippen LogP) is 2.08. The van der Waals surface area contributed by atoms with Crippen LogP contribution in [0.3, 0.4) is 0 Å². The molecule has 1 amide bonds. The molecule has 20 heavy (non-hydrogen) atoms. The quantitative estimate of drug-likeness (QED) is 0.742. The molecule has 1 saturated heterocycles. The Labute approximate surface area is 124 Å². The van der Waals surface area contributed by atoms with Gasteiger partial charge < -0.3 is 10.6 Å². The van der Waals surface area contributed by atoms with Gasteiger partial charge in [0.1, 0.15) is 0 Å². The Morgan fingerprint density at radius 1 is 1.10 bits per heavy atom. The summed E-state index contributed by atoms with van der Waals surface area (Å²) in [4.78, 5) is 16.8. The molecule has 0 aromatic rings. The van der Waals surface area contributed by atoms with Gasteiger partial charge in [-0.15, -0.1) is 0 Å². The van der Waals surface area contributed by atoms with Crippen molar-refractivity contribution < 1.29 is 4.79 Å². The molecule has 118 valence electrons.